The fraction of sp³-hybridized carbons (Fsp3) is 0.276. The van der Waals surface area contributed by atoms with E-state index in [4.69, 9.17) is 25.8 Å². The van der Waals surface area contributed by atoms with Gasteiger partial charge in [-0.05, 0) is 54.8 Å². The number of rotatable bonds is 14. The zero-order valence-corrected chi connectivity index (χ0v) is 21.8. The number of carbonyl (C=O) groups is 1. The summed E-state index contributed by atoms with van der Waals surface area (Å²) in [6.45, 7) is 0.732. The van der Waals surface area contributed by atoms with Crippen molar-refractivity contribution in [3.8, 4) is 17.2 Å². The lowest BCUT2D eigenvalue weighted by Gasteiger charge is -2.14. The Labute approximate surface area is 225 Å². The Bertz CT molecular complexity index is 1390. The molecule has 0 bridgehead atoms. The number of unbranched alkanes of at least 4 members (excludes halogenated alkanes) is 4. The number of methoxy groups -OCH3 is 1. The molecule has 1 N–H and O–H groups in total. The van der Waals surface area contributed by atoms with Gasteiger partial charge in [0.15, 0.2) is 11.5 Å². The average Bonchev–Trinajstić information content (AvgIpc) is 2.92. The summed E-state index contributed by atoms with van der Waals surface area (Å²) in [5.41, 5.74) is 2.12. The maximum atomic E-state index is 13.4. The second kappa shape index (κ2) is 13.6. The van der Waals surface area contributed by atoms with Crippen molar-refractivity contribution in [3.05, 3.63) is 77.3 Å². The molecule has 9 heteroatoms. The van der Waals surface area contributed by atoms with Gasteiger partial charge >= 0.3 is 0 Å². The Balaban J connectivity index is 1.45. The summed E-state index contributed by atoms with van der Waals surface area (Å²) >= 11 is 6.46. The van der Waals surface area contributed by atoms with E-state index in [1.54, 1.807) is 31.4 Å². The Morgan fingerprint density at radius 2 is 1.82 bits per heavy atom. The minimum atomic E-state index is -0.314. The van der Waals surface area contributed by atoms with Crippen LogP contribution in [0.4, 0.5) is 15.9 Å². The Morgan fingerprint density at radius 3 is 2.61 bits per heavy atom. The molecule has 4 aromatic rings. The molecule has 0 aliphatic heterocycles. The Morgan fingerprint density at radius 1 is 0.947 bits per heavy atom. The topological polar surface area (TPSA) is 82.6 Å². The van der Waals surface area contributed by atoms with Crippen molar-refractivity contribution in [2.45, 2.75) is 38.7 Å². The molecule has 198 valence electrons. The number of nitrogens with one attached hydrogen (secondary N) is 1. The second-order valence-corrected chi connectivity index (χ2v) is 9.06. The van der Waals surface area contributed by atoms with E-state index in [0.717, 1.165) is 37.4 Å². The summed E-state index contributed by atoms with van der Waals surface area (Å²) in [7, 11) is 1.59. The van der Waals surface area contributed by atoms with Crippen LogP contribution in [-0.2, 0) is 11.4 Å². The molecule has 4 rings (SSSR count). The standard InChI is InChI=1S/C29H29ClFN3O4/c1-36-27-17-25-23(16-28(27)37-13-6-4-2-3-5-12-35)29(33-19-32-25)34-22-10-11-26(24(30)15-22)38-18-20-8-7-9-21(31)14-20/h7-12,14-17,19H,2-6,13,18H2,1H3,(H,32,33,34). The molecule has 0 radical (unpaired) electrons. The molecule has 0 spiro atoms. The maximum absolute atomic E-state index is 13.4. The van der Waals surface area contributed by atoms with Gasteiger partial charge in [0.1, 0.15) is 36.6 Å². The average molecular weight is 538 g/mol. The molecule has 1 heterocycles. The normalized spacial score (nSPS) is 10.8. The molecular formula is C29H29ClFN3O4. The largest absolute Gasteiger partial charge is 0.493 e. The summed E-state index contributed by atoms with van der Waals surface area (Å²) in [6.07, 6.45) is 6.79. The number of hydrogen-bond donors (Lipinski definition) is 1. The number of nitrogens with zero attached hydrogens (tertiary/aromatic N) is 2. The highest BCUT2D eigenvalue weighted by Gasteiger charge is 2.13. The van der Waals surface area contributed by atoms with Gasteiger partial charge in [0.05, 0.1) is 24.3 Å². The van der Waals surface area contributed by atoms with Crippen molar-refractivity contribution in [3.63, 3.8) is 0 Å². The minimum absolute atomic E-state index is 0.199. The van der Waals surface area contributed by atoms with E-state index in [1.807, 2.05) is 18.2 Å². The first kappa shape index (κ1) is 27.1. The van der Waals surface area contributed by atoms with E-state index in [9.17, 15) is 9.18 Å². The minimum Gasteiger partial charge on any atom is -0.493 e. The third-order valence-electron chi connectivity index (χ3n) is 5.87. The predicted molar refractivity (Wildman–Crippen MR) is 146 cm³/mol. The smallest absolute Gasteiger partial charge is 0.162 e. The first-order chi connectivity index (χ1) is 18.6. The van der Waals surface area contributed by atoms with Gasteiger partial charge in [-0.2, -0.15) is 0 Å². The summed E-state index contributed by atoms with van der Waals surface area (Å²) < 4.78 is 30.7. The van der Waals surface area contributed by atoms with Gasteiger partial charge in [-0.3, -0.25) is 0 Å². The second-order valence-electron chi connectivity index (χ2n) is 8.65. The number of benzene rings is 3. The molecule has 0 saturated heterocycles. The highest BCUT2D eigenvalue weighted by molar-refractivity contribution is 6.32. The van der Waals surface area contributed by atoms with Crippen LogP contribution in [0.15, 0.2) is 60.9 Å². The molecule has 1 aromatic heterocycles. The SMILES string of the molecule is COc1cc2ncnc(Nc3ccc(OCc4cccc(F)c4)c(Cl)c3)c2cc1OCCCCCCC=O. The first-order valence-electron chi connectivity index (χ1n) is 12.4. The Kier molecular flexibility index (Phi) is 9.70. The van der Waals surface area contributed by atoms with Gasteiger partial charge in [0.25, 0.3) is 0 Å². The number of hydrogen-bond acceptors (Lipinski definition) is 7. The van der Waals surface area contributed by atoms with Gasteiger partial charge < -0.3 is 24.3 Å². The monoisotopic (exact) mass is 537 g/mol. The number of fused-ring (bicyclic) bond motifs is 1. The molecule has 0 saturated carbocycles. The van der Waals surface area contributed by atoms with Crippen LogP contribution in [0.25, 0.3) is 10.9 Å². The summed E-state index contributed by atoms with van der Waals surface area (Å²) in [5, 5.41) is 4.46. The van der Waals surface area contributed by atoms with Gasteiger partial charge in [0, 0.05) is 23.6 Å². The van der Waals surface area contributed by atoms with E-state index in [-0.39, 0.29) is 12.4 Å². The van der Waals surface area contributed by atoms with Crippen molar-refractivity contribution < 1.29 is 23.4 Å². The molecule has 0 amide bonds. The van der Waals surface area contributed by atoms with Gasteiger partial charge in [-0.1, -0.05) is 36.6 Å². The van der Waals surface area contributed by atoms with E-state index in [2.05, 4.69) is 15.3 Å². The third kappa shape index (κ3) is 7.32. The summed E-state index contributed by atoms with van der Waals surface area (Å²) in [6, 6.07) is 15.2. The van der Waals surface area contributed by atoms with Crippen molar-refractivity contribution >= 4 is 40.3 Å². The first-order valence-corrected chi connectivity index (χ1v) is 12.8. The molecular weight excluding hydrogens is 509 g/mol. The van der Waals surface area contributed by atoms with Crippen LogP contribution < -0.4 is 19.5 Å². The van der Waals surface area contributed by atoms with Crippen LogP contribution in [0.1, 0.15) is 37.7 Å². The quantitative estimate of drug-likeness (QED) is 0.134. The summed E-state index contributed by atoms with van der Waals surface area (Å²) in [4.78, 5) is 19.2. The molecule has 0 aliphatic rings. The van der Waals surface area contributed by atoms with Crippen LogP contribution >= 0.6 is 11.6 Å². The number of halogens is 2. The predicted octanol–water partition coefficient (Wildman–Crippen LogP) is 7.28. The van der Waals surface area contributed by atoms with E-state index in [1.165, 1.54) is 18.5 Å². The molecule has 0 atom stereocenters. The van der Waals surface area contributed by atoms with E-state index < -0.39 is 0 Å². The fourth-order valence-electron chi connectivity index (χ4n) is 3.92. The van der Waals surface area contributed by atoms with Crippen LogP contribution in [0.5, 0.6) is 17.2 Å². The molecule has 0 unspecified atom stereocenters. The number of ether oxygens (including phenoxy) is 3. The van der Waals surface area contributed by atoms with Crippen LogP contribution in [0.2, 0.25) is 5.02 Å². The van der Waals surface area contributed by atoms with E-state index in [0.29, 0.717) is 57.9 Å². The van der Waals surface area contributed by atoms with Crippen LogP contribution in [0, 0.1) is 5.82 Å². The number of carbonyl (C=O) groups excluding carboxylic acids is 1. The summed E-state index contributed by atoms with van der Waals surface area (Å²) in [5.74, 6) is 1.95. The van der Waals surface area contributed by atoms with Crippen molar-refractivity contribution in [2.75, 3.05) is 19.0 Å². The maximum Gasteiger partial charge on any atom is 0.162 e. The number of aromatic nitrogens is 2. The van der Waals surface area contributed by atoms with Crippen molar-refractivity contribution in [2.24, 2.45) is 0 Å². The number of anilines is 2. The highest BCUT2D eigenvalue weighted by atomic mass is 35.5. The molecule has 38 heavy (non-hydrogen) atoms. The van der Waals surface area contributed by atoms with E-state index >= 15 is 0 Å². The van der Waals surface area contributed by atoms with Gasteiger partial charge in [-0.25, -0.2) is 14.4 Å². The Hall–Kier alpha value is -3.91. The zero-order valence-electron chi connectivity index (χ0n) is 21.1. The fourth-order valence-corrected chi connectivity index (χ4v) is 4.16. The number of aldehydes is 1. The molecule has 0 aliphatic carbocycles. The molecule has 7 nitrogen and oxygen atoms in total. The van der Waals surface area contributed by atoms with Crippen molar-refractivity contribution in [1.82, 2.24) is 9.97 Å². The van der Waals surface area contributed by atoms with Gasteiger partial charge in [-0.15, -0.1) is 0 Å². The van der Waals surface area contributed by atoms with Crippen molar-refractivity contribution in [1.29, 1.82) is 0 Å². The van der Waals surface area contributed by atoms with Crippen LogP contribution in [0.3, 0.4) is 0 Å². The zero-order chi connectivity index (χ0) is 26.7. The van der Waals surface area contributed by atoms with Gasteiger partial charge in [0.2, 0.25) is 0 Å². The lowest BCUT2D eigenvalue weighted by Crippen LogP contribution is -2.02. The lowest BCUT2D eigenvalue weighted by molar-refractivity contribution is -0.107. The highest BCUT2D eigenvalue weighted by Crippen LogP contribution is 2.36. The lowest BCUT2D eigenvalue weighted by atomic mass is 10.1. The molecule has 3 aromatic carbocycles. The molecule has 0 fully saturated rings. The third-order valence-corrected chi connectivity index (χ3v) is 6.17. The van der Waals surface area contributed by atoms with Crippen LogP contribution in [-0.4, -0.2) is 30.0 Å².